The molecule has 116 valence electrons. The lowest BCUT2D eigenvalue weighted by Gasteiger charge is -2.01. The molecule has 0 fully saturated rings. The summed E-state index contributed by atoms with van der Waals surface area (Å²) >= 11 is 17.0. The maximum Gasteiger partial charge on any atom is 0.269 e. The number of nitrogens with one attached hydrogen (secondary N) is 2. The zero-order valence-corrected chi connectivity index (χ0v) is 13.6. The fraction of sp³-hybridized carbons (Fsp3) is 0.214. The van der Waals surface area contributed by atoms with Crippen LogP contribution < -0.4 is 5.32 Å². The van der Waals surface area contributed by atoms with Crippen LogP contribution in [-0.4, -0.2) is 27.9 Å². The number of aromatic nitrogens is 2. The number of amides is 1. The van der Waals surface area contributed by atoms with Gasteiger partial charge in [-0.3, -0.25) is 14.7 Å². The molecule has 5 nitrogen and oxygen atoms in total. The molecule has 0 unspecified atom stereocenters. The van der Waals surface area contributed by atoms with Crippen LogP contribution in [0.1, 0.15) is 23.3 Å². The summed E-state index contributed by atoms with van der Waals surface area (Å²) in [5.74, 6) is -0.305. The number of rotatable bonds is 6. The second-order valence-electron chi connectivity index (χ2n) is 4.51. The first kappa shape index (κ1) is 16.8. The molecular weight excluding hydrogens is 349 g/mol. The second-order valence-corrected chi connectivity index (χ2v) is 5.75. The van der Waals surface area contributed by atoms with Crippen molar-refractivity contribution in [3.8, 4) is 11.3 Å². The Labute approximate surface area is 141 Å². The largest absolute Gasteiger partial charge is 0.351 e. The van der Waals surface area contributed by atoms with Crippen LogP contribution in [0.5, 0.6) is 0 Å². The van der Waals surface area contributed by atoms with Crippen molar-refractivity contribution in [2.24, 2.45) is 0 Å². The van der Waals surface area contributed by atoms with Crippen molar-refractivity contribution in [1.82, 2.24) is 15.5 Å². The third kappa shape index (κ3) is 4.47. The number of carbonyl (C=O) groups is 2. The molecule has 0 saturated carbocycles. The van der Waals surface area contributed by atoms with Crippen molar-refractivity contribution >= 4 is 46.0 Å². The molecule has 0 radical (unpaired) electrons. The van der Waals surface area contributed by atoms with E-state index < -0.39 is 5.24 Å². The molecule has 0 spiro atoms. The minimum atomic E-state index is -0.419. The van der Waals surface area contributed by atoms with Gasteiger partial charge in [-0.2, -0.15) is 5.10 Å². The Morgan fingerprint density at radius 1 is 1.18 bits per heavy atom. The molecule has 2 rings (SSSR count). The van der Waals surface area contributed by atoms with Crippen molar-refractivity contribution in [1.29, 1.82) is 0 Å². The van der Waals surface area contributed by atoms with Crippen LogP contribution in [0.3, 0.4) is 0 Å². The number of benzene rings is 1. The van der Waals surface area contributed by atoms with Gasteiger partial charge in [0.25, 0.3) is 5.91 Å². The highest BCUT2D eigenvalue weighted by molar-refractivity contribution is 6.63. The van der Waals surface area contributed by atoms with Gasteiger partial charge in [-0.15, -0.1) is 0 Å². The molecule has 8 heteroatoms. The van der Waals surface area contributed by atoms with Crippen molar-refractivity contribution < 1.29 is 9.59 Å². The van der Waals surface area contributed by atoms with Crippen molar-refractivity contribution in [2.45, 2.75) is 12.8 Å². The van der Waals surface area contributed by atoms with E-state index in [1.165, 1.54) is 0 Å². The molecule has 0 aliphatic rings. The maximum atomic E-state index is 11.9. The quantitative estimate of drug-likeness (QED) is 0.610. The van der Waals surface area contributed by atoms with Gasteiger partial charge in [-0.25, -0.2) is 0 Å². The molecular formula is C14H12Cl3N3O2. The number of aromatic amines is 1. The molecule has 0 bridgehead atoms. The van der Waals surface area contributed by atoms with Crippen LogP contribution >= 0.6 is 34.8 Å². The molecule has 1 aromatic heterocycles. The lowest BCUT2D eigenvalue weighted by molar-refractivity contribution is -0.111. The third-order valence-electron chi connectivity index (χ3n) is 2.87. The van der Waals surface area contributed by atoms with Gasteiger partial charge in [-0.1, -0.05) is 29.3 Å². The Bertz CT molecular complexity index is 700. The highest BCUT2D eigenvalue weighted by Gasteiger charge is 2.11. The zero-order chi connectivity index (χ0) is 16.1. The lowest BCUT2D eigenvalue weighted by Crippen LogP contribution is -2.25. The SMILES string of the molecule is O=C(Cl)CCCNC(=O)c1cc(-c2ccc(Cl)c(Cl)c2)n[nH]1. The molecule has 0 saturated heterocycles. The number of H-pyrrole nitrogens is 1. The third-order valence-corrected chi connectivity index (χ3v) is 3.80. The Morgan fingerprint density at radius 2 is 1.95 bits per heavy atom. The van der Waals surface area contributed by atoms with E-state index in [9.17, 15) is 9.59 Å². The summed E-state index contributed by atoms with van der Waals surface area (Å²) < 4.78 is 0. The van der Waals surface area contributed by atoms with Crippen LogP contribution in [0.2, 0.25) is 10.0 Å². The van der Waals surface area contributed by atoms with Crippen LogP contribution in [0.4, 0.5) is 0 Å². The summed E-state index contributed by atoms with van der Waals surface area (Å²) in [7, 11) is 0. The maximum absolute atomic E-state index is 11.9. The van der Waals surface area contributed by atoms with Gasteiger partial charge in [-0.05, 0) is 36.2 Å². The van der Waals surface area contributed by atoms with E-state index in [4.69, 9.17) is 34.8 Å². The van der Waals surface area contributed by atoms with E-state index in [0.29, 0.717) is 34.4 Å². The summed E-state index contributed by atoms with van der Waals surface area (Å²) in [6.07, 6.45) is 0.710. The van der Waals surface area contributed by atoms with Crippen LogP contribution in [0.25, 0.3) is 11.3 Å². The van der Waals surface area contributed by atoms with Gasteiger partial charge < -0.3 is 5.32 Å². The van der Waals surface area contributed by atoms with E-state index in [0.717, 1.165) is 5.56 Å². The lowest BCUT2D eigenvalue weighted by atomic mass is 10.1. The monoisotopic (exact) mass is 359 g/mol. The van der Waals surface area contributed by atoms with Crippen LogP contribution in [-0.2, 0) is 4.79 Å². The number of hydrogen-bond acceptors (Lipinski definition) is 3. The zero-order valence-electron chi connectivity index (χ0n) is 11.3. The smallest absolute Gasteiger partial charge is 0.269 e. The second kappa shape index (κ2) is 7.63. The summed E-state index contributed by atoms with van der Waals surface area (Å²) in [6.45, 7) is 0.360. The van der Waals surface area contributed by atoms with E-state index in [-0.39, 0.29) is 12.3 Å². The minimum Gasteiger partial charge on any atom is -0.351 e. The number of halogens is 3. The molecule has 1 aromatic carbocycles. The predicted octanol–water partition coefficient (Wildman–Crippen LogP) is 3.66. The average Bonchev–Trinajstić information content (AvgIpc) is 2.96. The van der Waals surface area contributed by atoms with Gasteiger partial charge >= 0.3 is 0 Å². The Hall–Kier alpha value is -1.56. The molecule has 2 aromatic rings. The van der Waals surface area contributed by atoms with E-state index in [1.807, 2.05) is 0 Å². The normalized spacial score (nSPS) is 10.5. The summed E-state index contributed by atoms with van der Waals surface area (Å²) in [6, 6.07) is 6.71. The van der Waals surface area contributed by atoms with Crippen molar-refractivity contribution in [2.75, 3.05) is 6.54 Å². The summed E-state index contributed by atoms with van der Waals surface area (Å²) in [5.41, 5.74) is 1.65. The van der Waals surface area contributed by atoms with Gasteiger partial charge in [0, 0.05) is 18.5 Å². The Morgan fingerprint density at radius 3 is 2.64 bits per heavy atom. The molecule has 0 aliphatic carbocycles. The van der Waals surface area contributed by atoms with Gasteiger partial charge in [0.2, 0.25) is 5.24 Å². The molecule has 1 heterocycles. The molecule has 22 heavy (non-hydrogen) atoms. The van der Waals surface area contributed by atoms with Crippen LogP contribution in [0.15, 0.2) is 24.3 Å². The van der Waals surface area contributed by atoms with Gasteiger partial charge in [0.15, 0.2) is 0 Å². The van der Waals surface area contributed by atoms with Gasteiger partial charge in [0.05, 0.1) is 15.7 Å². The first-order valence-electron chi connectivity index (χ1n) is 6.44. The molecule has 2 N–H and O–H groups in total. The average molecular weight is 361 g/mol. The number of carbonyl (C=O) groups excluding carboxylic acids is 2. The van der Waals surface area contributed by atoms with Crippen molar-refractivity contribution in [3.63, 3.8) is 0 Å². The van der Waals surface area contributed by atoms with E-state index in [1.54, 1.807) is 24.3 Å². The van der Waals surface area contributed by atoms with Crippen molar-refractivity contribution in [3.05, 3.63) is 40.0 Å². The Kier molecular flexibility index (Phi) is 5.83. The highest BCUT2D eigenvalue weighted by atomic mass is 35.5. The first-order chi connectivity index (χ1) is 10.5. The van der Waals surface area contributed by atoms with E-state index >= 15 is 0 Å². The first-order valence-corrected chi connectivity index (χ1v) is 7.58. The molecule has 0 atom stereocenters. The summed E-state index contributed by atoms with van der Waals surface area (Å²) in [5, 5.41) is 9.85. The van der Waals surface area contributed by atoms with Crippen LogP contribution in [0, 0.1) is 0 Å². The predicted molar refractivity (Wildman–Crippen MR) is 86.5 cm³/mol. The summed E-state index contributed by atoms with van der Waals surface area (Å²) in [4.78, 5) is 22.5. The standard InChI is InChI=1S/C14H12Cl3N3O2/c15-9-4-3-8(6-10(9)16)11-7-12(20-19-11)14(22)18-5-1-2-13(17)21/h3-4,6-7H,1-2,5H2,(H,18,22)(H,19,20). The number of hydrogen-bond donors (Lipinski definition) is 2. The number of nitrogens with zero attached hydrogens (tertiary/aromatic N) is 1. The highest BCUT2D eigenvalue weighted by Crippen LogP contribution is 2.27. The molecule has 0 aliphatic heterocycles. The fourth-order valence-electron chi connectivity index (χ4n) is 1.77. The molecule has 1 amide bonds. The van der Waals surface area contributed by atoms with Gasteiger partial charge in [0.1, 0.15) is 5.69 Å². The Balaban J connectivity index is 1.99. The minimum absolute atomic E-state index is 0.222. The van der Waals surface area contributed by atoms with E-state index in [2.05, 4.69) is 15.5 Å². The topological polar surface area (TPSA) is 74.8 Å². The fourth-order valence-corrected chi connectivity index (χ4v) is 2.20.